The number of hydrogen-bond acceptors (Lipinski definition) is 3. The van der Waals surface area contributed by atoms with Crippen molar-refractivity contribution in [2.24, 2.45) is 0 Å². The summed E-state index contributed by atoms with van der Waals surface area (Å²) in [4.78, 5) is 2.34. The maximum atomic E-state index is 7.09. The number of rotatable bonds is 4. The van der Waals surface area contributed by atoms with E-state index in [1.807, 2.05) is 0 Å². The molecule has 0 fully saturated rings. The van der Waals surface area contributed by atoms with Gasteiger partial charge in [0.15, 0.2) is 0 Å². The topological polar surface area (TPSA) is 26.6 Å². The van der Waals surface area contributed by atoms with Crippen LogP contribution in [0.1, 0.15) is 25.0 Å². The minimum absolute atomic E-state index is 0.0519. The van der Waals surface area contributed by atoms with Gasteiger partial charge in [-0.05, 0) is 94.3 Å². The Labute approximate surface area is 325 Å². The Balaban J connectivity index is 1.04. The number of nitrogens with zero attached hydrogens (tertiary/aromatic N) is 2. The highest BCUT2D eigenvalue weighted by Crippen LogP contribution is 2.55. The molecule has 9 aromatic rings. The average Bonchev–Trinajstić information content (AvgIpc) is 3.68. The fourth-order valence-electron chi connectivity index (χ4n) is 9.82. The van der Waals surface area contributed by atoms with Gasteiger partial charge >= 0.3 is 0 Å². The largest absolute Gasteiger partial charge is 0.458 e. The molecule has 0 spiro atoms. The first-order valence-corrected chi connectivity index (χ1v) is 19.4. The summed E-state index contributed by atoms with van der Waals surface area (Å²) in [7, 11) is 0. The minimum Gasteiger partial charge on any atom is -0.458 e. The van der Waals surface area contributed by atoms with E-state index < -0.39 is 0 Å². The van der Waals surface area contributed by atoms with Gasteiger partial charge in [0.05, 0.1) is 11.0 Å². The molecule has 0 radical (unpaired) electrons. The summed E-state index contributed by atoms with van der Waals surface area (Å²) in [6.45, 7) is 4.66. The highest BCUT2D eigenvalue weighted by atomic mass is 16.5. The first kappa shape index (κ1) is 31.4. The molecular formula is C51H35BN2O2. The molecule has 0 saturated carbocycles. The molecule has 0 saturated heterocycles. The highest BCUT2D eigenvalue weighted by molar-refractivity contribution is 6.98. The third-order valence-corrected chi connectivity index (χ3v) is 12.3. The van der Waals surface area contributed by atoms with Crippen LogP contribution in [0.15, 0.2) is 176 Å². The third kappa shape index (κ3) is 4.31. The zero-order valence-corrected chi connectivity index (χ0v) is 31.0. The van der Waals surface area contributed by atoms with Gasteiger partial charge in [0.25, 0.3) is 6.71 Å². The number of fused-ring (bicyclic) bond motifs is 11. The molecule has 12 rings (SSSR count). The number of ether oxygens (including phenoxy) is 2. The van der Waals surface area contributed by atoms with Crippen LogP contribution in [0.3, 0.4) is 0 Å². The van der Waals surface area contributed by atoms with Gasteiger partial charge in [-0.15, -0.1) is 0 Å². The highest BCUT2D eigenvalue weighted by Gasteiger charge is 2.46. The summed E-state index contributed by atoms with van der Waals surface area (Å²) in [5, 5.41) is 2.44. The van der Waals surface area contributed by atoms with Crippen LogP contribution >= 0.6 is 0 Å². The summed E-state index contributed by atoms with van der Waals surface area (Å²) in [6, 6.07) is 63.1. The molecule has 8 aromatic carbocycles. The van der Waals surface area contributed by atoms with E-state index in [2.05, 4.69) is 199 Å². The lowest BCUT2D eigenvalue weighted by atomic mass is 9.34. The first-order chi connectivity index (χ1) is 27.5. The van der Waals surface area contributed by atoms with Gasteiger partial charge in [0, 0.05) is 56.0 Å². The van der Waals surface area contributed by atoms with Crippen LogP contribution in [-0.2, 0) is 5.41 Å². The summed E-state index contributed by atoms with van der Waals surface area (Å²) in [5.41, 5.74) is 14.9. The van der Waals surface area contributed by atoms with E-state index in [0.29, 0.717) is 0 Å². The SMILES string of the molecule is CC1(C)c2cc(N(c3ccccc3)c3ccccc3)ccc2-c2ccc3c(c21)Oc1cccc2c1B3c1cc3c4ccccc4n(-c4ccccc4)c3cc1O2. The molecule has 56 heavy (non-hydrogen) atoms. The Bertz CT molecular complexity index is 3020. The number of para-hydroxylation sites is 4. The number of anilines is 3. The van der Waals surface area contributed by atoms with E-state index in [1.54, 1.807) is 0 Å². The van der Waals surface area contributed by atoms with Crippen molar-refractivity contribution in [2.75, 3.05) is 4.90 Å². The standard InChI is InChI=1S/C51H35BN2O2/c1-51(2)40-29-35(53(32-15-6-3-7-16-32)33-17-8-4-9-18-33)25-26-36(40)38-27-28-41-50(48(38)51)56-46-24-14-23-45-49(46)52(41)42-30-39-37-21-12-13-22-43(37)54(34-19-10-5-11-20-34)44(39)31-47(42)55-45/h3-31H,1-2H3. The second-order valence-corrected chi connectivity index (χ2v) is 15.7. The Hall–Kier alpha value is -6.98. The normalized spacial score (nSPS) is 13.9. The van der Waals surface area contributed by atoms with Crippen LogP contribution in [0, 0.1) is 0 Å². The Kier molecular flexibility index (Phi) is 6.45. The summed E-state index contributed by atoms with van der Waals surface area (Å²) < 4.78 is 16.3. The molecule has 0 amide bonds. The first-order valence-electron chi connectivity index (χ1n) is 19.4. The molecule has 0 N–H and O–H groups in total. The molecule has 5 heteroatoms. The molecule has 3 aliphatic rings. The van der Waals surface area contributed by atoms with E-state index in [4.69, 9.17) is 9.47 Å². The quantitative estimate of drug-likeness (QED) is 0.170. The summed E-state index contributed by atoms with van der Waals surface area (Å²) in [5.74, 6) is 3.55. The fraction of sp³-hybridized carbons (Fsp3) is 0.0588. The smallest absolute Gasteiger partial charge is 0.260 e. The van der Waals surface area contributed by atoms with E-state index in [1.165, 1.54) is 44.0 Å². The summed E-state index contributed by atoms with van der Waals surface area (Å²) >= 11 is 0. The zero-order chi connectivity index (χ0) is 37.1. The lowest BCUT2D eigenvalue weighted by molar-refractivity contribution is 0.455. The molecule has 1 aliphatic carbocycles. The molecule has 0 unspecified atom stereocenters. The molecule has 3 heterocycles. The van der Waals surface area contributed by atoms with Crippen molar-refractivity contribution in [3.8, 4) is 39.8 Å². The average molecular weight is 719 g/mol. The zero-order valence-electron chi connectivity index (χ0n) is 31.0. The van der Waals surface area contributed by atoms with Crippen LogP contribution < -0.4 is 30.8 Å². The molecule has 0 bridgehead atoms. The second kappa shape index (κ2) is 11.5. The van der Waals surface area contributed by atoms with Crippen molar-refractivity contribution in [1.82, 2.24) is 4.57 Å². The van der Waals surface area contributed by atoms with Gasteiger partial charge in [0.1, 0.15) is 23.0 Å². The summed E-state index contributed by atoms with van der Waals surface area (Å²) in [6.07, 6.45) is 0. The van der Waals surface area contributed by atoms with Gasteiger partial charge in [0.2, 0.25) is 0 Å². The van der Waals surface area contributed by atoms with Crippen molar-refractivity contribution < 1.29 is 9.47 Å². The third-order valence-electron chi connectivity index (χ3n) is 12.3. The maximum Gasteiger partial charge on any atom is 0.260 e. The molecule has 264 valence electrons. The molecule has 0 atom stereocenters. The predicted molar refractivity (Wildman–Crippen MR) is 231 cm³/mol. The van der Waals surface area contributed by atoms with Crippen molar-refractivity contribution in [2.45, 2.75) is 19.3 Å². The van der Waals surface area contributed by atoms with Crippen molar-refractivity contribution >= 4 is 62.0 Å². The number of aromatic nitrogens is 1. The van der Waals surface area contributed by atoms with Crippen LogP contribution in [0.25, 0.3) is 38.6 Å². The van der Waals surface area contributed by atoms with E-state index in [0.717, 1.165) is 62.2 Å². The second-order valence-electron chi connectivity index (χ2n) is 15.7. The van der Waals surface area contributed by atoms with Gasteiger partial charge < -0.3 is 18.9 Å². The van der Waals surface area contributed by atoms with Crippen molar-refractivity contribution in [3.63, 3.8) is 0 Å². The van der Waals surface area contributed by atoms with Crippen LogP contribution in [0.2, 0.25) is 0 Å². The lowest BCUT2D eigenvalue weighted by Gasteiger charge is -2.35. The molecular weight excluding hydrogens is 683 g/mol. The monoisotopic (exact) mass is 718 g/mol. The molecule has 2 aliphatic heterocycles. The van der Waals surface area contributed by atoms with Gasteiger partial charge in [-0.1, -0.05) is 117 Å². The Morgan fingerprint density at radius 2 is 1.16 bits per heavy atom. The Morgan fingerprint density at radius 1 is 0.500 bits per heavy atom. The molecule has 4 nitrogen and oxygen atoms in total. The van der Waals surface area contributed by atoms with Gasteiger partial charge in [-0.25, -0.2) is 0 Å². The Morgan fingerprint density at radius 3 is 1.91 bits per heavy atom. The van der Waals surface area contributed by atoms with Gasteiger partial charge in [-0.3, -0.25) is 0 Å². The van der Waals surface area contributed by atoms with Crippen LogP contribution in [0.5, 0.6) is 23.0 Å². The minimum atomic E-state index is -0.332. The van der Waals surface area contributed by atoms with E-state index in [9.17, 15) is 0 Å². The maximum absolute atomic E-state index is 7.09. The van der Waals surface area contributed by atoms with Crippen molar-refractivity contribution in [1.29, 1.82) is 0 Å². The lowest BCUT2D eigenvalue weighted by Crippen LogP contribution is -2.57. The number of benzene rings is 8. The molecule has 1 aromatic heterocycles. The van der Waals surface area contributed by atoms with Gasteiger partial charge in [-0.2, -0.15) is 0 Å². The van der Waals surface area contributed by atoms with E-state index >= 15 is 0 Å². The fourth-order valence-corrected chi connectivity index (χ4v) is 9.82. The predicted octanol–water partition coefficient (Wildman–Crippen LogP) is 11.3. The van der Waals surface area contributed by atoms with E-state index in [-0.39, 0.29) is 12.1 Å². The van der Waals surface area contributed by atoms with Crippen LogP contribution in [0.4, 0.5) is 17.1 Å². The van der Waals surface area contributed by atoms with Crippen LogP contribution in [-0.4, -0.2) is 11.3 Å². The van der Waals surface area contributed by atoms with Crippen molar-refractivity contribution in [3.05, 3.63) is 187 Å². The number of hydrogen-bond donors (Lipinski definition) is 0.